The average molecular weight is 383 g/mol. The first-order valence-corrected chi connectivity index (χ1v) is 11.3. The zero-order chi connectivity index (χ0) is 18.0. The van der Waals surface area contributed by atoms with E-state index in [1.54, 1.807) is 17.7 Å². The van der Waals surface area contributed by atoms with E-state index in [2.05, 4.69) is 31.2 Å². The van der Waals surface area contributed by atoms with Gasteiger partial charge in [0.15, 0.2) is 0 Å². The van der Waals surface area contributed by atoms with E-state index in [1.165, 1.54) is 43.2 Å². The Balaban J connectivity index is 1.19. The fraction of sp³-hybridized carbons (Fsp3) is 0.667. The number of nitrogens with zero attached hydrogens (tertiary/aromatic N) is 4. The van der Waals surface area contributed by atoms with Gasteiger partial charge in [0.25, 0.3) is 0 Å². The van der Waals surface area contributed by atoms with Crippen LogP contribution >= 0.6 is 11.3 Å². The maximum Gasteiger partial charge on any atom is 0.228 e. The number of hydrogen-bond acceptors (Lipinski definition) is 5. The maximum absolute atomic E-state index is 13.5. The van der Waals surface area contributed by atoms with Crippen molar-refractivity contribution in [3.05, 3.63) is 17.8 Å². The number of aromatic nitrogens is 2. The Kier molecular flexibility index (Phi) is 3.56. The van der Waals surface area contributed by atoms with E-state index in [0.29, 0.717) is 5.91 Å². The molecule has 1 aliphatic heterocycles. The highest BCUT2D eigenvalue weighted by molar-refractivity contribution is 7.17. The number of thiophene rings is 1. The first-order chi connectivity index (χ1) is 13.2. The molecule has 1 amide bonds. The van der Waals surface area contributed by atoms with Crippen molar-refractivity contribution in [1.29, 1.82) is 0 Å². The summed E-state index contributed by atoms with van der Waals surface area (Å²) in [5.41, 5.74) is 1.02. The lowest BCUT2D eigenvalue weighted by atomic mass is 9.49. The van der Waals surface area contributed by atoms with Crippen LogP contribution in [0.1, 0.15) is 38.5 Å². The van der Waals surface area contributed by atoms with Crippen molar-refractivity contribution in [3.8, 4) is 0 Å². The quantitative estimate of drug-likeness (QED) is 0.797. The molecule has 142 valence electrons. The highest BCUT2D eigenvalue weighted by atomic mass is 32.1. The number of carbonyl (C=O) groups excluding carboxylic acids is 1. The summed E-state index contributed by atoms with van der Waals surface area (Å²) in [6, 6.07) is 2.05. The summed E-state index contributed by atoms with van der Waals surface area (Å²) in [5, 5.41) is 2.08. The molecular weight excluding hydrogens is 356 g/mol. The fourth-order valence-electron chi connectivity index (χ4n) is 6.83. The second kappa shape index (κ2) is 5.90. The third-order valence-corrected chi connectivity index (χ3v) is 8.48. The van der Waals surface area contributed by atoms with E-state index < -0.39 is 0 Å². The number of hydrogen-bond donors (Lipinski definition) is 0. The first-order valence-electron chi connectivity index (χ1n) is 10.4. The Labute approximate surface area is 163 Å². The molecule has 27 heavy (non-hydrogen) atoms. The van der Waals surface area contributed by atoms with Gasteiger partial charge >= 0.3 is 0 Å². The molecule has 7 rings (SSSR count). The highest BCUT2D eigenvalue weighted by Crippen LogP contribution is 2.60. The van der Waals surface area contributed by atoms with Crippen LogP contribution in [0.4, 0.5) is 5.82 Å². The van der Waals surface area contributed by atoms with Gasteiger partial charge in [-0.2, -0.15) is 0 Å². The van der Waals surface area contributed by atoms with Gasteiger partial charge in [0, 0.05) is 26.2 Å². The van der Waals surface area contributed by atoms with E-state index in [4.69, 9.17) is 0 Å². The topological polar surface area (TPSA) is 49.3 Å². The Hall–Kier alpha value is -1.69. The summed E-state index contributed by atoms with van der Waals surface area (Å²) in [4.78, 5) is 27.0. The largest absolute Gasteiger partial charge is 0.352 e. The minimum absolute atomic E-state index is 0.00709. The molecule has 4 aliphatic carbocycles. The highest BCUT2D eigenvalue weighted by Gasteiger charge is 2.55. The minimum Gasteiger partial charge on any atom is -0.352 e. The summed E-state index contributed by atoms with van der Waals surface area (Å²) < 4.78 is 1.17. The van der Waals surface area contributed by atoms with E-state index in [0.717, 1.165) is 55.3 Å². The standard InChI is InChI=1S/C21H26N4OS/c26-20(21-10-14-7-15(11-21)9-16(8-14)12-21)25-4-2-24(3-5-25)19-18-17(1-6-27-18)22-13-23-19/h1,6,13-16H,2-5,7-12H2. The molecule has 5 aliphatic rings. The second-order valence-corrected chi connectivity index (χ2v) is 10.2. The molecule has 1 saturated heterocycles. The lowest BCUT2D eigenvalue weighted by molar-refractivity contribution is -0.158. The van der Waals surface area contributed by atoms with E-state index in [-0.39, 0.29) is 5.41 Å². The average Bonchev–Trinajstić information content (AvgIpc) is 3.15. The van der Waals surface area contributed by atoms with Crippen molar-refractivity contribution in [1.82, 2.24) is 14.9 Å². The first kappa shape index (κ1) is 16.3. The second-order valence-electron chi connectivity index (χ2n) is 9.31. The number of amides is 1. The van der Waals surface area contributed by atoms with Gasteiger partial charge in [-0.25, -0.2) is 9.97 Å². The van der Waals surface area contributed by atoms with Gasteiger partial charge in [0.2, 0.25) is 5.91 Å². The summed E-state index contributed by atoms with van der Waals surface area (Å²) in [6.45, 7) is 3.42. The SMILES string of the molecule is O=C(N1CCN(c2ncnc3ccsc23)CC1)C12CC3CC(CC(C3)C1)C2. The molecule has 0 spiro atoms. The molecule has 0 atom stereocenters. The summed E-state index contributed by atoms with van der Waals surface area (Å²) in [5.74, 6) is 4.00. The zero-order valence-corrected chi connectivity index (χ0v) is 16.5. The van der Waals surface area contributed by atoms with Crippen LogP contribution in [0.5, 0.6) is 0 Å². The van der Waals surface area contributed by atoms with E-state index in [1.807, 2.05) is 0 Å². The van der Waals surface area contributed by atoms with Crippen molar-refractivity contribution < 1.29 is 4.79 Å². The van der Waals surface area contributed by atoms with E-state index >= 15 is 0 Å². The lowest BCUT2D eigenvalue weighted by Gasteiger charge is -2.57. The molecule has 0 unspecified atom stereocenters. The molecule has 2 aromatic rings. The molecule has 4 bridgehead atoms. The number of piperazine rings is 1. The van der Waals surface area contributed by atoms with Gasteiger partial charge in [-0.15, -0.1) is 11.3 Å². The molecule has 2 aromatic heterocycles. The monoisotopic (exact) mass is 382 g/mol. The van der Waals surface area contributed by atoms with Gasteiger partial charge in [-0.3, -0.25) is 4.79 Å². The Bertz CT molecular complexity index is 850. The molecule has 3 heterocycles. The van der Waals surface area contributed by atoms with Crippen LogP contribution in [0.15, 0.2) is 17.8 Å². The van der Waals surface area contributed by atoms with Gasteiger partial charge in [-0.05, 0) is 67.7 Å². The van der Waals surface area contributed by atoms with Crippen LogP contribution in [0, 0.1) is 23.2 Å². The molecule has 4 saturated carbocycles. The van der Waals surface area contributed by atoms with Crippen LogP contribution in [0.2, 0.25) is 0 Å². The number of fused-ring (bicyclic) bond motifs is 1. The number of anilines is 1. The lowest BCUT2D eigenvalue weighted by Crippen LogP contribution is -2.58. The summed E-state index contributed by atoms with van der Waals surface area (Å²) in [7, 11) is 0. The third-order valence-electron chi connectivity index (χ3n) is 7.58. The van der Waals surface area contributed by atoms with Crippen molar-refractivity contribution in [3.63, 3.8) is 0 Å². The molecule has 0 aromatic carbocycles. The molecule has 0 radical (unpaired) electrons. The molecule has 5 fully saturated rings. The van der Waals surface area contributed by atoms with Crippen molar-refractivity contribution in [2.45, 2.75) is 38.5 Å². The van der Waals surface area contributed by atoms with Gasteiger partial charge in [-0.1, -0.05) is 0 Å². The van der Waals surface area contributed by atoms with Crippen molar-refractivity contribution in [2.24, 2.45) is 23.2 Å². The molecule has 5 nitrogen and oxygen atoms in total. The molecular formula is C21H26N4OS. The van der Waals surface area contributed by atoms with Gasteiger partial charge in [0.1, 0.15) is 12.1 Å². The van der Waals surface area contributed by atoms with E-state index in [9.17, 15) is 4.79 Å². The van der Waals surface area contributed by atoms with Crippen LogP contribution < -0.4 is 4.90 Å². The maximum atomic E-state index is 13.5. The summed E-state index contributed by atoms with van der Waals surface area (Å²) >= 11 is 1.71. The van der Waals surface area contributed by atoms with Crippen LogP contribution in [0.25, 0.3) is 10.2 Å². The predicted octanol–water partition coefficient (Wildman–Crippen LogP) is 3.56. The number of carbonyl (C=O) groups is 1. The van der Waals surface area contributed by atoms with Crippen LogP contribution in [-0.2, 0) is 4.79 Å². The Morgan fingerprint density at radius 1 is 1.00 bits per heavy atom. The van der Waals surface area contributed by atoms with Gasteiger partial charge in [0.05, 0.1) is 15.6 Å². The normalized spacial score (nSPS) is 35.2. The van der Waals surface area contributed by atoms with Crippen molar-refractivity contribution >= 4 is 33.3 Å². The third kappa shape index (κ3) is 2.52. The van der Waals surface area contributed by atoms with Crippen LogP contribution in [0.3, 0.4) is 0 Å². The zero-order valence-electron chi connectivity index (χ0n) is 15.6. The number of rotatable bonds is 2. The van der Waals surface area contributed by atoms with Gasteiger partial charge < -0.3 is 9.80 Å². The predicted molar refractivity (Wildman–Crippen MR) is 107 cm³/mol. The smallest absolute Gasteiger partial charge is 0.228 e. The molecule has 6 heteroatoms. The Morgan fingerprint density at radius 2 is 1.67 bits per heavy atom. The molecule has 0 N–H and O–H groups in total. The summed E-state index contributed by atoms with van der Waals surface area (Å²) in [6.07, 6.45) is 9.34. The fourth-order valence-corrected chi connectivity index (χ4v) is 7.69. The van der Waals surface area contributed by atoms with Crippen LogP contribution in [-0.4, -0.2) is 47.0 Å². The van der Waals surface area contributed by atoms with Crippen molar-refractivity contribution in [2.75, 3.05) is 31.1 Å². The Morgan fingerprint density at radius 3 is 2.33 bits per heavy atom. The minimum atomic E-state index is -0.00709.